The summed E-state index contributed by atoms with van der Waals surface area (Å²) in [6.45, 7) is 0. The molecule has 0 bridgehead atoms. The van der Waals surface area contributed by atoms with E-state index in [4.69, 9.17) is 0 Å². The van der Waals surface area contributed by atoms with Crippen LogP contribution < -0.4 is 9.80 Å². The van der Waals surface area contributed by atoms with Crippen LogP contribution in [0.25, 0.3) is 0 Å². The number of hydrogen-bond acceptors (Lipinski definition) is 2. The SMILES string of the molecule is Brc1cccc(N(c2ccccc2)c2ccc(N(c3ccccc3)c3cccc(Br)c3)cc2)c1. The molecule has 2 nitrogen and oxygen atoms in total. The molecular weight excluding hydrogens is 548 g/mol. The third kappa shape index (κ3) is 4.93. The fourth-order valence-electron chi connectivity index (χ4n) is 4.03. The zero-order chi connectivity index (χ0) is 23.3. The summed E-state index contributed by atoms with van der Waals surface area (Å²) in [7, 11) is 0. The Morgan fingerprint density at radius 3 is 1.00 bits per heavy atom. The molecule has 0 aliphatic carbocycles. The Hall–Kier alpha value is -3.34. The maximum absolute atomic E-state index is 3.63. The average molecular weight is 570 g/mol. The number of hydrogen-bond donors (Lipinski definition) is 0. The first-order chi connectivity index (χ1) is 16.7. The van der Waals surface area contributed by atoms with Gasteiger partial charge in [0.25, 0.3) is 0 Å². The van der Waals surface area contributed by atoms with Crippen molar-refractivity contribution in [3.05, 3.63) is 142 Å². The van der Waals surface area contributed by atoms with E-state index in [1.54, 1.807) is 0 Å². The Bertz CT molecular complexity index is 1260. The van der Waals surface area contributed by atoms with Crippen LogP contribution in [0.3, 0.4) is 0 Å². The summed E-state index contributed by atoms with van der Waals surface area (Å²) in [6, 6.07) is 46.4. The van der Waals surface area contributed by atoms with Gasteiger partial charge in [-0.1, -0.05) is 80.4 Å². The average Bonchev–Trinajstić information content (AvgIpc) is 2.87. The van der Waals surface area contributed by atoms with E-state index in [0.717, 1.165) is 43.1 Å². The minimum Gasteiger partial charge on any atom is -0.310 e. The van der Waals surface area contributed by atoms with Crippen LogP contribution in [0.4, 0.5) is 34.1 Å². The minimum absolute atomic E-state index is 1.05. The van der Waals surface area contributed by atoms with Gasteiger partial charge in [-0.2, -0.15) is 0 Å². The third-order valence-corrected chi connectivity index (χ3v) is 6.51. The quantitative estimate of drug-likeness (QED) is 0.201. The Kier molecular flexibility index (Phi) is 6.79. The highest BCUT2D eigenvalue weighted by Gasteiger charge is 2.16. The molecule has 0 saturated heterocycles. The van der Waals surface area contributed by atoms with E-state index in [-0.39, 0.29) is 0 Å². The van der Waals surface area contributed by atoms with Gasteiger partial charge < -0.3 is 9.80 Å². The highest BCUT2D eigenvalue weighted by atomic mass is 79.9. The largest absolute Gasteiger partial charge is 0.310 e. The van der Waals surface area contributed by atoms with Crippen LogP contribution in [0.1, 0.15) is 0 Å². The van der Waals surface area contributed by atoms with Gasteiger partial charge in [0.2, 0.25) is 0 Å². The van der Waals surface area contributed by atoms with Crippen LogP contribution in [0.5, 0.6) is 0 Å². The van der Waals surface area contributed by atoms with E-state index in [0.29, 0.717) is 0 Å². The van der Waals surface area contributed by atoms with E-state index in [1.807, 2.05) is 24.3 Å². The molecule has 0 radical (unpaired) electrons. The molecule has 0 atom stereocenters. The maximum Gasteiger partial charge on any atom is 0.0472 e. The van der Waals surface area contributed by atoms with Gasteiger partial charge in [-0.15, -0.1) is 0 Å². The highest BCUT2D eigenvalue weighted by molar-refractivity contribution is 9.10. The fourth-order valence-corrected chi connectivity index (χ4v) is 4.80. The second kappa shape index (κ2) is 10.3. The molecule has 0 unspecified atom stereocenters. The Morgan fingerprint density at radius 2 is 0.647 bits per heavy atom. The van der Waals surface area contributed by atoms with Crippen molar-refractivity contribution < 1.29 is 0 Å². The standard InChI is InChI=1S/C30H22Br2N2/c31-23-9-7-15-29(21-23)33(25-11-3-1-4-12-25)27-17-19-28(20-18-27)34(26-13-5-2-6-14-26)30-16-8-10-24(32)22-30/h1-22H. The predicted molar refractivity (Wildman–Crippen MR) is 151 cm³/mol. The monoisotopic (exact) mass is 568 g/mol. The summed E-state index contributed by atoms with van der Waals surface area (Å²) in [5.74, 6) is 0. The number of anilines is 6. The normalized spacial score (nSPS) is 10.6. The molecule has 4 heteroatoms. The first-order valence-corrected chi connectivity index (χ1v) is 12.6. The van der Waals surface area contributed by atoms with Crippen LogP contribution in [0, 0.1) is 0 Å². The molecule has 0 aromatic heterocycles. The summed E-state index contributed by atoms with van der Waals surface area (Å²) in [6.07, 6.45) is 0. The lowest BCUT2D eigenvalue weighted by molar-refractivity contribution is 1.25. The molecule has 0 N–H and O–H groups in total. The van der Waals surface area contributed by atoms with Gasteiger partial charge in [-0.3, -0.25) is 0 Å². The molecule has 0 spiro atoms. The van der Waals surface area contributed by atoms with Crippen LogP contribution in [-0.2, 0) is 0 Å². The minimum atomic E-state index is 1.05. The topological polar surface area (TPSA) is 6.48 Å². The van der Waals surface area contributed by atoms with Crippen molar-refractivity contribution >= 4 is 66.0 Å². The van der Waals surface area contributed by atoms with Gasteiger partial charge >= 0.3 is 0 Å². The number of para-hydroxylation sites is 2. The second-order valence-electron chi connectivity index (χ2n) is 7.82. The zero-order valence-electron chi connectivity index (χ0n) is 18.4. The Morgan fingerprint density at radius 1 is 0.324 bits per heavy atom. The van der Waals surface area contributed by atoms with E-state index in [1.165, 1.54) is 0 Å². The summed E-state index contributed by atoms with van der Waals surface area (Å²) in [5, 5.41) is 0. The van der Waals surface area contributed by atoms with Gasteiger partial charge in [0.15, 0.2) is 0 Å². The molecule has 0 aliphatic heterocycles. The van der Waals surface area contributed by atoms with Crippen LogP contribution in [0.15, 0.2) is 142 Å². The van der Waals surface area contributed by atoms with Gasteiger partial charge in [0.1, 0.15) is 0 Å². The lowest BCUT2D eigenvalue weighted by Crippen LogP contribution is -2.12. The molecule has 166 valence electrons. The van der Waals surface area contributed by atoms with E-state index in [9.17, 15) is 0 Å². The summed E-state index contributed by atoms with van der Waals surface area (Å²) < 4.78 is 2.10. The van der Waals surface area contributed by atoms with E-state index < -0.39 is 0 Å². The van der Waals surface area contributed by atoms with Gasteiger partial charge in [0, 0.05) is 43.1 Å². The van der Waals surface area contributed by atoms with Gasteiger partial charge in [-0.25, -0.2) is 0 Å². The summed E-state index contributed by atoms with van der Waals surface area (Å²) in [4.78, 5) is 4.53. The van der Waals surface area contributed by atoms with Crippen LogP contribution in [-0.4, -0.2) is 0 Å². The van der Waals surface area contributed by atoms with Crippen molar-refractivity contribution in [2.75, 3.05) is 9.80 Å². The maximum atomic E-state index is 3.63. The highest BCUT2D eigenvalue weighted by Crippen LogP contribution is 2.39. The molecule has 0 saturated carbocycles. The smallest absolute Gasteiger partial charge is 0.0472 e. The third-order valence-electron chi connectivity index (χ3n) is 5.53. The Labute approximate surface area is 217 Å². The second-order valence-corrected chi connectivity index (χ2v) is 9.65. The molecule has 5 rings (SSSR count). The van der Waals surface area contributed by atoms with Crippen molar-refractivity contribution in [1.82, 2.24) is 0 Å². The molecule has 0 heterocycles. The van der Waals surface area contributed by atoms with Crippen LogP contribution >= 0.6 is 31.9 Å². The van der Waals surface area contributed by atoms with E-state index >= 15 is 0 Å². The van der Waals surface area contributed by atoms with Crippen molar-refractivity contribution in [2.24, 2.45) is 0 Å². The lowest BCUT2D eigenvalue weighted by Gasteiger charge is -2.28. The summed E-state index contributed by atoms with van der Waals surface area (Å²) in [5.41, 5.74) is 6.60. The summed E-state index contributed by atoms with van der Waals surface area (Å²) >= 11 is 7.25. The first kappa shape index (κ1) is 22.5. The molecular formula is C30H22Br2N2. The lowest BCUT2D eigenvalue weighted by atomic mass is 10.1. The molecule has 34 heavy (non-hydrogen) atoms. The first-order valence-electron chi connectivity index (χ1n) is 11.0. The number of rotatable bonds is 6. The molecule has 5 aromatic carbocycles. The number of halogens is 2. The molecule has 0 fully saturated rings. The van der Waals surface area contributed by atoms with Crippen molar-refractivity contribution in [2.45, 2.75) is 0 Å². The van der Waals surface area contributed by atoms with Crippen molar-refractivity contribution in [3.8, 4) is 0 Å². The molecule has 5 aromatic rings. The number of benzene rings is 5. The van der Waals surface area contributed by atoms with Crippen LogP contribution in [0.2, 0.25) is 0 Å². The zero-order valence-corrected chi connectivity index (χ0v) is 21.5. The predicted octanol–water partition coefficient (Wildman–Crippen LogP) is 10.2. The fraction of sp³-hybridized carbons (Fsp3) is 0. The van der Waals surface area contributed by atoms with Gasteiger partial charge in [-0.05, 0) is 84.9 Å². The number of nitrogens with zero attached hydrogens (tertiary/aromatic N) is 2. The van der Waals surface area contributed by atoms with E-state index in [2.05, 4.69) is 151 Å². The van der Waals surface area contributed by atoms with Gasteiger partial charge in [0.05, 0.1) is 0 Å². The molecule has 0 aliphatic rings. The van der Waals surface area contributed by atoms with Crippen molar-refractivity contribution in [3.63, 3.8) is 0 Å². The Balaban J connectivity index is 1.59. The molecule has 0 amide bonds. The van der Waals surface area contributed by atoms with Crippen molar-refractivity contribution in [1.29, 1.82) is 0 Å².